The van der Waals surface area contributed by atoms with Gasteiger partial charge in [0.25, 0.3) is 5.91 Å². The van der Waals surface area contributed by atoms with Gasteiger partial charge in [-0.15, -0.1) is 0 Å². The van der Waals surface area contributed by atoms with Crippen LogP contribution in [0.5, 0.6) is 5.75 Å². The lowest BCUT2D eigenvalue weighted by Gasteiger charge is -2.38. The standard InChI is InChI=1S/C24H24F3N3O3/c1-33-19-10-8-16(9-11-19)21-22(32)30(23(29-21)12-3-2-4-13-23)15-20(31)28-18-7-5-6-17(14-18)24(25,26)27/h5-11,14H,2-4,12-13,15H2,1H3,(H,28,31). The molecule has 9 heteroatoms. The molecule has 1 spiro atoms. The second kappa shape index (κ2) is 8.88. The van der Waals surface area contributed by atoms with E-state index in [-0.39, 0.29) is 23.9 Å². The van der Waals surface area contributed by atoms with E-state index < -0.39 is 23.3 Å². The van der Waals surface area contributed by atoms with Crippen LogP contribution in [-0.2, 0) is 15.8 Å². The average molecular weight is 459 g/mol. The lowest BCUT2D eigenvalue weighted by Crippen LogP contribution is -2.51. The first-order valence-corrected chi connectivity index (χ1v) is 10.8. The zero-order valence-corrected chi connectivity index (χ0v) is 18.1. The second-order valence-electron chi connectivity index (χ2n) is 8.25. The van der Waals surface area contributed by atoms with Crippen LogP contribution in [0, 0.1) is 0 Å². The molecular weight excluding hydrogens is 435 g/mol. The van der Waals surface area contributed by atoms with Gasteiger partial charge in [-0.2, -0.15) is 13.2 Å². The summed E-state index contributed by atoms with van der Waals surface area (Å²) in [6, 6.07) is 11.4. The largest absolute Gasteiger partial charge is 0.497 e. The maximum Gasteiger partial charge on any atom is 0.416 e. The summed E-state index contributed by atoms with van der Waals surface area (Å²) < 4.78 is 44.1. The summed E-state index contributed by atoms with van der Waals surface area (Å²) in [7, 11) is 1.55. The number of aliphatic imine (C=N–C) groups is 1. The molecule has 1 N–H and O–H groups in total. The lowest BCUT2D eigenvalue weighted by molar-refractivity contribution is -0.137. The number of methoxy groups -OCH3 is 1. The summed E-state index contributed by atoms with van der Waals surface area (Å²) in [6.07, 6.45) is -0.478. The van der Waals surface area contributed by atoms with E-state index >= 15 is 0 Å². The van der Waals surface area contributed by atoms with Gasteiger partial charge in [-0.25, -0.2) is 0 Å². The van der Waals surface area contributed by atoms with Crippen LogP contribution in [0.3, 0.4) is 0 Å². The average Bonchev–Trinajstić information content (AvgIpc) is 3.05. The van der Waals surface area contributed by atoms with Crippen molar-refractivity contribution in [2.75, 3.05) is 19.0 Å². The van der Waals surface area contributed by atoms with E-state index in [0.29, 0.717) is 24.2 Å². The predicted octanol–water partition coefficient (Wildman–Crippen LogP) is 4.64. The first-order valence-electron chi connectivity index (χ1n) is 10.8. The van der Waals surface area contributed by atoms with Gasteiger partial charge in [0.1, 0.15) is 23.7 Å². The molecule has 0 atom stereocenters. The highest BCUT2D eigenvalue weighted by Crippen LogP contribution is 2.39. The Morgan fingerprint density at radius 3 is 2.45 bits per heavy atom. The number of ether oxygens (including phenoxy) is 1. The number of nitrogens with one attached hydrogen (secondary N) is 1. The van der Waals surface area contributed by atoms with Crippen molar-refractivity contribution < 1.29 is 27.5 Å². The van der Waals surface area contributed by atoms with Gasteiger partial charge in [-0.05, 0) is 68.1 Å². The van der Waals surface area contributed by atoms with Crippen molar-refractivity contribution in [3.05, 3.63) is 59.7 Å². The molecule has 0 bridgehead atoms. The highest BCUT2D eigenvalue weighted by atomic mass is 19.4. The third-order valence-corrected chi connectivity index (χ3v) is 6.06. The third-order valence-electron chi connectivity index (χ3n) is 6.06. The molecule has 2 aromatic carbocycles. The monoisotopic (exact) mass is 459 g/mol. The van der Waals surface area contributed by atoms with Crippen molar-refractivity contribution in [2.24, 2.45) is 4.99 Å². The number of halogens is 3. The van der Waals surface area contributed by atoms with Crippen molar-refractivity contribution >= 4 is 23.2 Å². The zero-order valence-electron chi connectivity index (χ0n) is 18.1. The Labute approximate surface area is 189 Å². The summed E-state index contributed by atoms with van der Waals surface area (Å²) in [5, 5.41) is 2.49. The van der Waals surface area contributed by atoms with E-state index in [9.17, 15) is 22.8 Å². The van der Waals surface area contributed by atoms with E-state index in [2.05, 4.69) is 5.32 Å². The van der Waals surface area contributed by atoms with Gasteiger partial charge in [-0.1, -0.05) is 12.5 Å². The molecule has 6 nitrogen and oxygen atoms in total. The predicted molar refractivity (Wildman–Crippen MR) is 117 cm³/mol. The van der Waals surface area contributed by atoms with Crippen molar-refractivity contribution in [3.8, 4) is 5.75 Å². The van der Waals surface area contributed by atoms with E-state index in [4.69, 9.17) is 9.73 Å². The van der Waals surface area contributed by atoms with Gasteiger partial charge in [0.05, 0.1) is 12.7 Å². The minimum atomic E-state index is -4.51. The van der Waals surface area contributed by atoms with Gasteiger partial charge in [-0.3, -0.25) is 14.6 Å². The van der Waals surface area contributed by atoms with E-state index in [1.54, 1.807) is 31.4 Å². The Kier molecular flexibility index (Phi) is 6.14. The maximum absolute atomic E-state index is 13.3. The molecule has 1 heterocycles. The number of rotatable bonds is 5. The number of carbonyl (C=O) groups is 2. The highest BCUT2D eigenvalue weighted by Gasteiger charge is 2.48. The summed E-state index contributed by atoms with van der Waals surface area (Å²) in [5.41, 5.74) is -0.727. The molecule has 174 valence electrons. The smallest absolute Gasteiger partial charge is 0.416 e. The Bertz CT molecular complexity index is 1070. The van der Waals surface area contributed by atoms with Crippen LogP contribution >= 0.6 is 0 Å². The van der Waals surface area contributed by atoms with Crippen LogP contribution in [0.15, 0.2) is 53.5 Å². The van der Waals surface area contributed by atoms with Crippen LogP contribution in [0.4, 0.5) is 18.9 Å². The normalized spacial score (nSPS) is 17.8. The minimum Gasteiger partial charge on any atom is -0.497 e. The summed E-state index contributed by atoms with van der Waals surface area (Å²) in [4.78, 5) is 32.4. The number of hydrogen-bond acceptors (Lipinski definition) is 4. The molecule has 0 radical (unpaired) electrons. The molecule has 0 aromatic heterocycles. The van der Waals surface area contributed by atoms with Gasteiger partial charge in [0.15, 0.2) is 0 Å². The number of amides is 2. The van der Waals surface area contributed by atoms with Crippen molar-refractivity contribution in [1.82, 2.24) is 4.90 Å². The molecule has 1 aliphatic carbocycles. The van der Waals surface area contributed by atoms with Crippen LogP contribution in [0.1, 0.15) is 43.2 Å². The molecule has 0 unspecified atom stereocenters. The van der Waals surface area contributed by atoms with E-state index in [1.165, 1.54) is 17.0 Å². The van der Waals surface area contributed by atoms with Gasteiger partial charge in [0.2, 0.25) is 5.91 Å². The quantitative estimate of drug-likeness (QED) is 0.708. The number of alkyl halides is 3. The van der Waals surface area contributed by atoms with E-state index in [0.717, 1.165) is 31.4 Å². The fourth-order valence-electron chi connectivity index (χ4n) is 4.41. The fraction of sp³-hybridized carbons (Fsp3) is 0.375. The molecule has 33 heavy (non-hydrogen) atoms. The van der Waals surface area contributed by atoms with Crippen LogP contribution in [0.2, 0.25) is 0 Å². The number of hydrogen-bond donors (Lipinski definition) is 1. The Balaban J connectivity index is 1.56. The van der Waals surface area contributed by atoms with Crippen molar-refractivity contribution in [3.63, 3.8) is 0 Å². The SMILES string of the molecule is COc1ccc(C2=NC3(CCCCC3)N(CC(=O)Nc3cccc(C(F)(F)F)c3)C2=O)cc1. The number of anilines is 1. The van der Waals surface area contributed by atoms with Crippen LogP contribution in [-0.4, -0.2) is 41.7 Å². The molecule has 4 rings (SSSR count). The Morgan fingerprint density at radius 1 is 1.12 bits per heavy atom. The van der Waals surface area contributed by atoms with Crippen LogP contribution in [0.25, 0.3) is 0 Å². The first kappa shape index (κ1) is 22.8. The zero-order chi connectivity index (χ0) is 23.6. The Morgan fingerprint density at radius 2 is 1.82 bits per heavy atom. The topological polar surface area (TPSA) is 71.0 Å². The lowest BCUT2D eigenvalue weighted by atomic mass is 9.88. The minimum absolute atomic E-state index is 0.0236. The van der Waals surface area contributed by atoms with Gasteiger partial charge < -0.3 is 15.0 Å². The highest BCUT2D eigenvalue weighted by molar-refractivity contribution is 6.47. The maximum atomic E-state index is 13.3. The van der Waals surface area contributed by atoms with Crippen molar-refractivity contribution in [1.29, 1.82) is 0 Å². The fourth-order valence-corrected chi connectivity index (χ4v) is 4.41. The van der Waals surface area contributed by atoms with E-state index in [1.807, 2.05) is 0 Å². The Hall–Kier alpha value is -3.36. The molecule has 2 aliphatic rings. The number of benzene rings is 2. The first-order chi connectivity index (χ1) is 15.7. The third kappa shape index (κ3) is 4.72. The van der Waals surface area contributed by atoms with Crippen LogP contribution < -0.4 is 10.1 Å². The van der Waals surface area contributed by atoms with Crippen molar-refractivity contribution in [2.45, 2.75) is 43.9 Å². The molecular formula is C24H24F3N3O3. The molecule has 0 saturated heterocycles. The number of nitrogens with zero attached hydrogens (tertiary/aromatic N) is 2. The summed E-state index contributed by atoms with van der Waals surface area (Å²) >= 11 is 0. The molecule has 2 aromatic rings. The molecule has 2 amide bonds. The summed E-state index contributed by atoms with van der Waals surface area (Å²) in [6.45, 7) is -0.293. The van der Waals surface area contributed by atoms with Gasteiger partial charge in [0, 0.05) is 11.3 Å². The molecule has 1 fully saturated rings. The molecule has 1 saturated carbocycles. The summed E-state index contributed by atoms with van der Waals surface area (Å²) in [5.74, 6) is -0.283. The van der Waals surface area contributed by atoms with Gasteiger partial charge >= 0.3 is 6.18 Å². The molecule has 1 aliphatic heterocycles. The second-order valence-corrected chi connectivity index (χ2v) is 8.25. The number of carbonyl (C=O) groups excluding carboxylic acids is 2.